The molecule has 126 valence electrons. The third-order valence-electron chi connectivity index (χ3n) is 2.93. The monoisotopic (exact) mass is 341 g/mol. The second kappa shape index (κ2) is 8.30. The minimum atomic E-state index is -3.67. The van der Waals surface area contributed by atoms with Crippen molar-refractivity contribution in [3.05, 3.63) is 34.9 Å². The van der Waals surface area contributed by atoms with Crippen LogP contribution >= 0.6 is 0 Å². The normalized spacial score (nSPS) is 13.4. The summed E-state index contributed by atoms with van der Waals surface area (Å²) >= 11 is 0. The van der Waals surface area contributed by atoms with E-state index in [1.54, 1.807) is 7.11 Å². The van der Waals surface area contributed by atoms with E-state index in [1.807, 2.05) is 24.3 Å². The van der Waals surface area contributed by atoms with E-state index >= 15 is 0 Å². The van der Waals surface area contributed by atoms with Gasteiger partial charge in [-0.1, -0.05) is 12.1 Å². The fraction of sp³-hybridized carbons (Fsp3) is 0.286. The second-order valence-electron chi connectivity index (χ2n) is 4.68. The van der Waals surface area contributed by atoms with E-state index in [0.717, 1.165) is 28.9 Å². The topological polar surface area (TPSA) is 131 Å². The molecule has 0 saturated heterocycles. The Morgan fingerprint density at radius 2 is 2.09 bits per heavy atom. The van der Waals surface area contributed by atoms with Crippen molar-refractivity contribution in [3.63, 3.8) is 0 Å². The molecule has 0 saturated carbocycles. The lowest BCUT2D eigenvalue weighted by atomic mass is 9.91. The molecule has 0 unspecified atom stereocenters. The Bertz CT molecular complexity index is 718. The smallest absolute Gasteiger partial charge is 0.261 e. The molecule has 8 nitrogen and oxygen atoms in total. The first-order chi connectivity index (χ1) is 10.8. The Morgan fingerprint density at radius 3 is 2.65 bits per heavy atom. The molecule has 2 rings (SSSR count). The first-order valence-electron chi connectivity index (χ1n) is 6.57. The fourth-order valence-electron chi connectivity index (χ4n) is 2.06. The van der Waals surface area contributed by atoms with Crippen LogP contribution in [0, 0.1) is 0 Å². The number of nitrogens with one attached hydrogen (secondary N) is 1. The number of amides is 1. The van der Waals surface area contributed by atoms with Crippen molar-refractivity contribution in [2.45, 2.75) is 12.8 Å². The zero-order valence-corrected chi connectivity index (χ0v) is 13.6. The number of rotatable bonds is 3. The maximum atomic E-state index is 11.8. The van der Waals surface area contributed by atoms with Crippen molar-refractivity contribution in [3.8, 4) is 5.75 Å². The third kappa shape index (κ3) is 6.49. The van der Waals surface area contributed by atoms with Gasteiger partial charge in [-0.15, -0.1) is 0 Å². The van der Waals surface area contributed by atoms with Gasteiger partial charge in [-0.05, 0) is 30.5 Å². The highest BCUT2D eigenvalue weighted by Crippen LogP contribution is 2.30. The molecule has 0 spiro atoms. The number of carbonyl (C=O) groups excluding carboxylic acids is 1. The van der Waals surface area contributed by atoms with Crippen LogP contribution in [-0.4, -0.2) is 38.6 Å². The van der Waals surface area contributed by atoms with Crippen LogP contribution in [0.15, 0.2) is 28.9 Å². The molecule has 0 atom stereocenters. The largest absolute Gasteiger partial charge is 0.496 e. The van der Waals surface area contributed by atoms with Gasteiger partial charge in [-0.25, -0.2) is 0 Å². The number of hydrogen-bond donors (Lipinski definition) is 3. The van der Waals surface area contributed by atoms with E-state index in [-0.39, 0.29) is 5.91 Å². The summed E-state index contributed by atoms with van der Waals surface area (Å²) in [5.74, 6) is 5.64. The Hall–Kier alpha value is -2.39. The van der Waals surface area contributed by atoms with Crippen molar-refractivity contribution < 1.29 is 22.5 Å². The van der Waals surface area contributed by atoms with E-state index in [9.17, 15) is 13.2 Å². The number of fused-ring (bicyclic) bond motifs is 1. The number of carbonyl (C=O) groups is 1. The number of methoxy groups -OCH3 is 1. The van der Waals surface area contributed by atoms with Crippen LogP contribution in [0.2, 0.25) is 0 Å². The molecule has 1 aromatic carbocycles. The van der Waals surface area contributed by atoms with E-state index < -0.39 is 10.1 Å². The Morgan fingerprint density at radius 1 is 1.43 bits per heavy atom. The van der Waals surface area contributed by atoms with Gasteiger partial charge in [0.15, 0.2) is 0 Å². The van der Waals surface area contributed by atoms with Crippen molar-refractivity contribution in [1.29, 1.82) is 0 Å². The van der Waals surface area contributed by atoms with Crippen LogP contribution < -0.4 is 15.9 Å². The van der Waals surface area contributed by atoms with Crippen molar-refractivity contribution in [1.82, 2.24) is 5.32 Å². The number of hydrogen-bond acceptors (Lipinski definition) is 6. The second-order valence-corrected chi connectivity index (χ2v) is 6.15. The maximum absolute atomic E-state index is 11.8. The average molecular weight is 341 g/mol. The summed E-state index contributed by atoms with van der Waals surface area (Å²) < 4.78 is 31.2. The van der Waals surface area contributed by atoms with Gasteiger partial charge in [-0.3, -0.25) is 9.35 Å². The van der Waals surface area contributed by atoms with Crippen molar-refractivity contribution in [2.75, 3.05) is 13.4 Å². The number of ether oxygens (including phenoxy) is 1. The fourth-order valence-corrected chi connectivity index (χ4v) is 2.06. The summed E-state index contributed by atoms with van der Waals surface area (Å²) in [6, 6.07) is 5.82. The van der Waals surface area contributed by atoms with E-state index in [2.05, 4.69) is 10.4 Å². The molecular weight excluding hydrogens is 322 g/mol. The Labute approximate surface area is 134 Å². The van der Waals surface area contributed by atoms with Crippen LogP contribution in [0.3, 0.4) is 0 Å². The standard InChI is InChI=1S/C13H15N3O2.CH4O3S/c1-18-12-4-2-3-9-7-10(5-6-11(9)12)13(17)15-8-16-14;1-5(2,3)4/h2-4,7-8H,5-6,14H2,1H3,(H,15,16,17);1H3,(H,2,3,4). The highest BCUT2D eigenvalue weighted by Gasteiger charge is 2.18. The zero-order chi connectivity index (χ0) is 17.5. The average Bonchev–Trinajstić information content (AvgIpc) is 2.49. The highest BCUT2D eigenvalue weighted by molar-refractivity contribution is 7.85. The summed E-state index contributed by atoms with van der Waals surface area (Å²) in [6.45, 7) is 0. The van der Waals surface area contributed by atoms with Crippen LogP contribution in [0.25, 0.3) is 6.08 Å². The SMILES string of the molecule is COc1cccc2c1CCC(C(=O)NC=NN)=C2.CS(=O)(=O)O. The van der Waals surface area contributed by atoms with Gasteiger partial charge in [0, 0.05) is 11.1 Å². The lowest BCUT2D eigenvalue weighted by Gasteiger charge is -2.17. The van der Waals surface area contributed by atoms with Crippen LogP contribution in [0.5, 0.6) is 5.75 Å². The minimum absolute atomic E-state index is 0.169. The first kappa shape index (κ1) is 18.7. The summed E-state index contributed by atoms with van der Waals surface area (Å²) in [5, 5.41) is 5.74. The molecule has 0 heterocycles. The summed E-state index contributed by atoms with van der Waals surface area (Å²) in [7, 11) is -2.01. The van der Waals surface area contributed by atoms with E-state index in [0.29, 0.717) is 12.7 Å². The van der Waals surface area contributed by atoms with Crippen molar-refractivity contribution in [2.24, 2.45) is 10.9 Å². The molecule has 9 heteroatoms. The Balaban J connectivity index is 0.000000463. The molecule has 1 aliphatic carbocycles. The molecule has 23 heavy (non-hydrogen) atoms. The molecule has 4 N–H and O–H groups in total. The van der Waals surface area contributed by atoms with Crippen LogP contribution in [0.1, 0.15) is 17.5 Å². The van der Waals surface area contributed by atoms with Gasteiger partial charge in [0.05, 0.1) is 13.4 Å². The number of nitrogens with zero attached hydrogens (tertiary/aromatic N) is 1. The lowest BCUT2D eigenvalue weighted by Crippen LogP contribution is -2.25. The molecule has 0 radical (unpaired) electrons. The summed E-state index contributed by atoms with van der Waals surface area (Å²) in [6.07, 6.45) is 5.24. The predicted octanol–water partition coefficient (Wildman–Crippen LogP) is 0.547. The predicted molar refractivity (Wildman–Crippen MR) is 87.6 cm³/mol. The van der Waals surface area contributed by atoms with Crippen LogP contribution in [-0.2, 0) is 21.3 Å². The number of nitrogens with two attached hydrogens (primary N) is 1. The maximum Gasteiger partial charge on any atom is 0.261 e. The Kier molecular flexibility index (Phi) is 6.73. The highest BCUT2D eigenvalue weighted by atomic mass is 32.2. The molecule has 0 aromatic heterocycles. The van der Waals surface area contributed by atoms with Gasteiger partial charge in [0.25, 0.3) is 16.0 Å². The van der Waals surface area contributed by atoms with Crippen molar-refractivity contribution >= 4 is 28.4 Å². The summed E-state index contributed by atoms with van der Waals surface area (Å²) in [4.78, 5) is 11.8. The number of hydrazone groups is 1. The molecular formula is C14H19N3O5S. The van der Waals surface area contributed by atoms with Gasteiger partial charge >= 0.3 is 0 Å². The molecule has 0 aliphatic heterocycles. The molecule has 1 amide bonds. The van der Waals surface area contributed by atoms with Gasteiger partial charge in [0.1, 0.15) is 12.1 Å². The quantitative estimate of drug-likeness (QED) is 0.242. The van der Waals surface area contributed by atoms with E-state index in [4.69, 9.17) is 15.1 Å². The third-order valence-corrected chi connectivity index (χ3v) is 2.93. The zero-order valence-electron chi connectivity index (χ0n) is 12.8. The molecule has 1 aliphatic rings. The van der Waals surface area contributed by atoms with Gasteiger partial charge in [0.2, 0.25) is 0 Å². The van der Waals surface area contributed by atoms with Crippen LogP contribution in [0.4, 0.5) is 0 Å². The summed E-state index contributed by atoms with van der Waals surface area (Å²) in [5.41, 5.74) is 2.88. The molecule has 0 bridgehead atoms. The van der Waals surface area contributed by atoms with E-state index in [1.165, 1.54) is 6.34 Å². The minimum Gasteiger partial charge on any atom is -0.496 e. The molecule has 1 aromatic rings. The van der Waals surface area contributed by atoms with Gasteiger partial charge < -0.3 is 15.9 Å². The number of benzene rings is 1. The first-order valence-corrected chi connectivity index (χ1v) is 8.42. The van der Waals surface area contributed by atoms with Gasteiger partial charge in [-0.2, -0.15) is 13.5 Å². The lowest BCUT2D eigenvalue weighted by molar-refractivity contribution is -0.116. The molecule has 0 fully saturated rings.